The Bertz CT molecular complexity index is 882. The number of oxime groups is 1. The number of benzene rings is 2. The summed E-state index contributed by atoms with van der Waals surface area (Å²) in [7, 11) is 0. The molecular weight excluding hydrogens is 399 g/mol. The second-order valence-electron chi connectivity index (χ2n) is 6.97. The number of halogens is 2. The topological polar surface area (TPSA) is 51.1 Å². The average Bonchev–Trinajstić information content (AvgIpc) is 3.38. The minimum absolute atomic E-state index is 0.109. The van der Waals surface area contributed by atoms with Crippen LogP contribution in [0.1, 0.15) is 18.4 Å². The highest BCUT2D eigenvalue weighted by Gasteiger charge is 2.35. The highest BCUT2D eigenvalue weighted by Crippen LogP contribution is 2.28. The number of amides is 1. The molecule has 28 heavy (non-hydrogen) atoms. The molecule has 0 radical (unpaired) electrons. The number of nitrogens with zero attached hydrogens (tertiary/aromatic N) is 2. The molecule has 0 N–H and O–H groups in total. The number of hydrogen-bond donors (Lipinski definition) is 0. The first-order chi connectivity index (χ1) is 13.6. The minimum atomic E-state index is -0.677. The molecule has 2 aromatic carbocycles. The van der Waals surface area contributed by atoms with E-state index in [9.17, 15) is 4.79 Å². The quantitative estimate of drug-likeness (QED) is 0.714. The number of carbonyl (C=O) groups is 1. The summed E-state index contributed by atoms with van der Waals surface area (Å²) in [5.41, 5.74) is 2.23. The summed E-state index contributed by atoms with van der Waals surface area (Å²) in [6.45, 7) is 2.01. The van der Waals surface area contributed by atoms with Crippen LogP contribution in [0.4, 0.5) is 5.69 Å². The largest absolute Gasteiger partial charge is 0.382 e. The van der Waals surface area contributed by atoms with Crippen molar-refractivity contribution in [3.8, 4) is 0 Å². The van der Waals surface area contributed by atoms with Gasteiger partial charge in [0.15, 0.2) is 0 Å². The predicted octanol–water partition coefficient (Wildman–Crippen LogP) is 4.56. The van der Waals surface area contributed by atoms with Gasteiger partial charge < -0.3 is 14.5 Å². The fraction of sp³-hybridized carbons (Fsp3) is 0.333. The molecule has 0 spiro atoms. The lowest BCUT2D eigenvalue weighted by molar-refractivity contribution is -0.128. The van der Waals surface area contributed by atoms with Crippen LogP contribution < -0.4 is 4.90 Å². The Labute approximate surface area is 173 Å². The normalized spacial score (nSPS) is 21.3. The van der Waals surface area contributed by atoms with Gasteiger partial charge in [-0.15, -0.1) is 0 Å². The van der Waals surface area contributed by atoms with Crippen LogP contribution in [0.3, 0.4) is 0 Å². The van der Waals surface area contributed by atoms with E-state index in [1.165, 1.54) is 0 Å². The Balaban J connectivity index is 1.51. The molecule has 5 nitrogen and oxygen atoms in total. The highest BCUT2D eigenvalue weighted by atomic mass is 35.5. The van der Waals surface area contributed by atoms with Gasteiger partial charge in [-0.05, 0) is 30.7 Å². The predicted molar refractivity (Wildman–Crippen MR) is 110 cm³/mol. The van der Waals surface area contributed by atoms with E-state index in [-0.39, 0.29) is 5.91 Å². The first kappa shape index (κ1) is 19.2. The van der Waals surface area contributed by atoms with Crippen molar-refractivity contribution in [1.29, 1.82) is 0 Å². The number of para-hydroxylation sites is 1. The van der Waals surface area contributed by atoms with Crippen LogP contribution in [-0.2, 0) is 14.4 Å². The molecule has 2 heterocycles. The van der Waals surface area contributed by atoms with E-state index in [1.54, 1.807) is 23.1 Å². The summed E-state index contributed by atoms with van der Waals surface area (Å²) in [5, 5.41) is 5.17. The van der Waals surface area contributed by atoms with Gasteiger partial charge in [0.25, 0.3) is 5.91 Å². The van der Waals surface area contributed by atoms with E-state index in [0.717, 1.165) is 24.3 Å². The molecule has 2 aliphatic heterocycles. The fourth-order valence-electron chi connectivity index (χ4n) is 3.48. The van der Waals surface area contributed by atoms with Crippen LogP contribution in [0.25, 0.3) is 0 Å². The SMILES string of the molecule is O=C([C@@H]1CC(c2ccc(Cl)cc2Cl)=NO1)N(C[C@@H]1CCOC1)c1ccccc1. The Morgan fingerprint density at radius 2 is 2.00 bits per heavy atom. The molecule has 0 unspecified atom stereocenters. The third-order valence-electron chi connectivity index (χ3n) is 4.99. The fourth-order valence-corrected chi connectivity index (χ4v) is 4.00. The number of carbonyl (C=O) groups excluding carboxylic acids is 1. The molecule has 0 bridgehead atoms. The van der Waals surface area contributed by atoms with Gasteiger partial charge in [-0.25, -0.2) is 0 Å². The molecule has 146 valence electrons. The molecule has 1 fully saturated rings. The molecule has 1 amide bonds. The van der Waals surface area contributed by atoms with E-state index in [0.29, 0.717) is 41.2 Å². The Morgan fingerprint density at radius 1 is 1.18 bits per heavy atom. The molecule has 0 aromatic heterocycles. The van der Waals surface area contributed by atoms with Gasteiger partial charge in [0.2, 0.25) is 6.10 Å². The van der Waals surface area contributed by atoms with Crippen LogP contribution in [0.15, 0.2) is 53.7 Å². The Hall–Kier alpha value is -2.08. The molecular formula is C21H20Cl2N2O3. The van der Waals surface area contributed by atoms with Crippen molar-refractivity contribution in [3.63, 3.8) is 0 Å². The molecule has 1 saturated heterocycles. The van der Waals surface area contributed by atoms with Crippen molar-refractivity contribution in [1.82, 2.24) is 0 Å². The molecule has 2 aromatic rings. The van der Waals surface area contributed by atoms with Gasteiger partial charge in [-0.1, -0.05) is 52.6 Å². The zero-order valence-corrected chi connectivity index (χ0v) is 16.7. The molecule has 4 rings (SSSR count). The lowest BCUT2D eigenvalue weighted by Gasteiger charge is -2.27. The molecule has 0 aliphatic carbocycles. The monoisotopic (exact) mass is 418 g/mol. The van der Waals surface area contributed by atoms with Gasteiger partial charge in [-0.3, -0.25) is 4.79 Å². The van der Waals surface area contributed by atoms with Crippen LogP contribution in [0.2, 0.25) is 10.0 Å². The number of hydrogen-bond acceptors (Lipinski definition) is 4. The number of anilines is 1. The van der Waals surface area contributed by atoms with Crippen molar-refractivity contribution in [2.75, 3.05) is 24.7 Å². The van der Waals surface area contributed by atoms with Crippen molar-refractivity contribution >= 4 is 40.5 Å². The lowest BCUT2D eigenvalue weighted by atomic mass is 10.0. The van der Waals surface area contributed by atoms with E-state index < -0.39 is 6.10 Å². The highest BCUT2D eigenvalue weighted by molar-refractivity contribution is 6.37. The van der Waals surface area contributed by atoms with Crippen LogP contribution in [-0.4, -0.2) is 37.5 Å². The Kier molecular flexibility index (Phi) is 5.85. The third kappa shape index (κ3) is 4.17. The molecule has 2 aliphatic rings. The molecule has 7 heteroatoms. The lowest BCUT2D eigenvalue weighted by Crippen LogP contribution is -2.42. The van der Waals surface area contributed by atoms with Crippen LogP contribution in [0.5, 0.6) is 0 Å². The molecule has 2 atom stereocenters. The number of rotatable bonds is 5. The van der Waals surface area contributed by atoms with E-state index in [1.807, 2.05) is 30.3 Å². The van der Waals surface area contributed by atoms with Gasteiger partial charge in [0.05, 0.1) is 17.3 Å². The Morgan fingerprint density at radius 3 is 2.71 bits per heavy atom. The summed E-state index contributed by atoms with van der Waals surface area (Å²) >= 11 is 12.2. The second kappa shape index (κ2) is 8.52. The van der Waals surface area contributed by atoms with Crippen molar-refractivity contribution < 1.29 is 14.4 Å². The standard InChI is InChI=1S/C21H20Cl2N2O3/c22-15-6-7-17(18(23)10-15)19-11-20(28-24-19)21(26)25(12-14-8-9-27-13-14)16-4-2-1-3-5-16/h1-7,10,14,20H,8-9,11-13H2/t14-,20-/m0/s1. The zero-order valence-electron chi connectivity index (χ0n) is 15.2. The summed E-state index contributed by atoms with van der Waals surface area (Å²) in [6.07, 6.45) is 0.638. The van der Waals surface area contributed by atoms with Crippen molar-refractivity contribution in [2.24, 2.45) is 11.1 Å². The summed E-state index contributed by atoms with van der Waals surface area (Å²) in [6, 6.07) is 14.8. The van der Waals surface area contributed by atoms with Crippen molar-refractivity contribution in [2.45, 2.75) is 18.9 Å². The first-order valence-corrected chi connectivity index (χ1v) is 9.99. The van der Waals surface area contributed by atoms with Crippen molar-refractivity contribution in [3.05, 3.63) is 64.1 Å². The van der Waals surface area contributed by atoms with Gasteiger partial charge in [0.1, 0.15) is 0 Å². The minimum Gasteiger partial charge on any atom is -0.382 e. The average molecular weight is 419 g/mol. The van der Waals surface area contributed by atoms with E-state index in [2.05, 4.69) is 5.16 Å². The third-order valence-corrected chi connectivity index (χ3v) is 5.53. The van der Waals surface area contributed by atoms with Gasteiger partial charge in [0, 0.05) is 41.8 Å². The second-order valence-corrected chi connectivity index (χ2v) is 7.82. The zero-order chi connectivity index (χ0) is 19.5. The van der Waals surface area contributed by atoms with Gasteiger partial charge >= 0.3 is 0 Å². The van der Waals surface area contributed by atoms with Gasteiger partial charge in [-0.2, -0.15) is 0 Å². The summed E-state index contributed by atoms with van der Waals surface area (Å²) < 4.78 is 5.48. The summed E-state index contributed by atoms with van der Waals surface area (Å²) in [4.78, 5) is 20.6. The smallest absolute Gasteiger partial charge is 0.271 e. The summed E-state index contributed by atoms with van der Waals surface area (Å²) in [5.74, 6) is 0.207. The number of ether oxygens (including phenoxy) is 1. The molecule has 0 saturated carbocycles. The maximum Gasteiger partial charge on any atom is 0.271 e. The van der Waals surface area contributed by atoms with E-state index >= 15 is 0 Å². The first-order valence-electron chi connectivity index (χ1n) is 9.24. The maximum atomic E-state index is 13.3. The van der Waals surface area contributed by atoms with Crippen LogP contribution >= 0.6 is 23.2 Å². The maximum absolute atomic E-state index is 13.3. The van der Waals surface area contributed by atoms with Crippen LogP contribution in [0, 0.1) is 5.92 Å². The van der Waals surface area contributed by atoms with E-state index in [4.69, 9.17) is 32.8 Å².